The van der Waals surface area contributed by atoms with Gasteiger partial charge in [0.15, 0.2) is 0 Å². The van der Waals surface area contributed by atoms with Gasteiger partial charge in [-0.1, -0.05) is 67.2 Å². The third-order valence-corrected chi connectivity index (χ3v) is 9.15. The summed E-state index contributed by atoms with van der Waals surface area (Å²) in [6.07, 6.45) is 0. The molecule has 2 heterocycles. The summed E-state index contributed by atoms with van der Waals surface area (Å²) in [6.45, 7) is 4.75. The van der Waals surface area contributed by atoms with Gasteiger partial charge in [0.05, 0.1) is 0 Å². The third kappa shape index (κ3) is 1.58. The predicted molar refractivity (Wildman–Crippen MR) is 101 cm³/mol. The molecule has 1 aliphatic rings. The van der Waals surface area contributed by atoms with E-state index in [0.717, 1.165) is 16.2 Å². The van der Waals surface area contributed by atoms with Gasteiger partial charge in [-0.15, -0.1) is 0 Å². The standard InChI is InChI=1S/C20H15ClOSi/c1-23(2)17-11-10-13-12-6-3-4-9-16(12)22-19(13)18(17)14-7-5-8-15(21)20(14)23/h3-11H,1-2H3. The molecule has 112 valence electrons. The molecule has 0 atom stereocenters. The Morgan fingerprint density at radius 2 is 1.70 bits per heavy atom. The Bertz CT molecular complexity index is 1110. The van der Waals surface area contributed by atoms with Gasteiger partial charge in [-0.25, -0.2) is 0 Å². The Hall–Kier alpha value is -2.03. The van der Waals surface area contributed by atoms with E-state index in [1.807, 2.05) is 24.3 Å². The smallest absolute Gasteiger partial charge is 0.143 e. The minimum Gasteiger partial charge on any atom is -0.455 e. The van der Waals surface area contributed by atoms with Gasteiger partial charge in [0.25, 0.3) is 0 Å². The first kappa shape index (κ1) is 13.4. The van der Waals surface area contributed by atoms with Gasteiger partial charge in [-0.3, -0.25) is 0 Å². The Kier molecular flexibility index (Phi) is 2.50. The van der Waals surface area contributed by atoms with Crippen LogP contribution in [0.2, 0.25) is 18.1 Å². The fraction of sp³-hybridized carbons (Fsp3) is 0.100. The Morgan fingerprint density at radius 1 is 0.870 bits per heavy atom. The molecule has 0 N–H and O–H groups in total. The summed E-state index contributed by atoms with van der Waals surface area (Å²) in [5.74, 6) is 0. The van der Waals surface area contributed by atoms with Crippen LogP contribution in [0.25, 0.3) is 33.1 Å². The van der Waals surface area contributed by atoms with Gasteiger partial charge in [0.2, 0.25) is 0 Å². The molecule has 0 saturated carbocycles. The molecule has 0 amide bonds. The molecule has 1 aromatic heterocycles. The Morgan fingerprint density at radius 3 is 2.57 bits per heavy atom. The lowest BCUT2D eigenvalue weighted by atomic mass is 10.0. The van der Waals surface area contributed by atoms with Crippen molar-refractivity contribution in [3.8, 4) is 11.1 Å². The first-order valence-electron chi connectivity index (χ1n) is 7.83. The molecule has 4 aromatic rings. The molecule has 0 unspecified atom stereocenters. The predicted octanol–water partition coefficient (Wildman–Crippen LogP) is 5.04. The molecule has 0 aliphatic carbocycles. The number of hydrogen-bond donors (Lipinski definition) is 0. The highest BCUT2D eigenvalue weighted by Gasteiger charge is 2.40. The number of fused-ring (bicyclic) bond motifs is 7. The van der Waals surface area contributed by atoms with E-state index in [-0.39, 0.29) is 0 Å². The molecule has 0 radical (unpaired) electrons. The van der Waals surface area contributed by atoms with Crippen molar-refractivity contribution in [3.63, 3.8) is 0 Å². The van der Waals surface area contributed by atoms with Crippen molar-refractivity contribution in [2.24, 2.45) is 0 Å². The van der Waals surface area contributed by atoms with Crippen LogP contribution in [0.15, 0.2) is 59.0 Å². The average molecular weight is 335 g/mol. The molecule has 23 heavy (non-hydrogen) atoms. The Labute approximate surface area is 140 Å². The molecule has 0 spiro atoms. The summed E-state index contributed by atoms with van der Waals surface area (Å²) in [6, 6.07) is 19.0. The lowest BCUT2D eigenvalue weighted by Crippen LogP contribution is -2.49. The molecule has 0 saturated heterocycles. The van der Waals surface area contributed by atoms with Crippen LogP contribution in [0.3, 0.4) is 0 Å². The number of halogens is 1. The van der Waals surface area contributed by atoms with Crippen molar-refractivity contribution in [2.75, 3.05) is 0 Å². The maximum Gasteiger partial charge on any atom is 0.143 e. The van der Waals surface area contributed by atoms with Crippen molar-refractivity contribution in [1.82, 2.24) is 0 Å². The highest BCUT2D eigenvalue weighted by Crippen LogP contribution is 2.39. The summed E-state index contributed by atoms with van der Waals surface area (Å²) in [4.78, 5) is 0. The van der Waals surface area contributed by atoms with Crippen LogP contribution < -0.4 is 10.4 Å². The second kappa shape index (κ2) is 4.28. The summed E-state index contributed by atoms with van der Waals surface area (Å²) >= 11 is 6.58. The van der Waals surface area contributed by atoms with E-state index in [0.29, 0.717) is 0 Å². The van der Waals surface area contributed by atoms with Gasteiger partial charge in [-0.05, 0) is 28.1 Å². The summed E-state index contributed by atoms with van der Waals surface area (Å²) < 4.78 is 6.26. The van der Waals surface area contributed by atoms with Crippen molar-refractivity contribution in [2.45, 2.75) is 13.1 Å². The molecule has 1 aliphatic heterocycles. The van der Waals surface area contributed by atoms with Gasteiger partial charge in [0, 0.05) is 21.4 Å². The SMILES string of the molecule is C[Si]1(C)c2ccc3c(oc4ccccc43)c2-c2cccc(Cl)c21. The lowest BCUT2D eigenvalue weighted by Gasteiger charge is -2.19. The van der Waals surface area contributed by atoms with Gasteiger partial charge < -0.3 is 4.42 Å². The van der Waals surface area contributed by atoms with Crippen LogP contribution >= 0.6 is 11.6 Å². The van der Waals surface area contributed by atoms with E-state index in [4.69, 9.17) is 16.0 Å². The van der Waals surface area contributed by atoms with Crippen LogP contribution in [0.5, 0.6) is 0 Å². The number of rotatable bonds is 0. The largest absolute Gasteiger partial charge is 0.455 e. The number of furan rings is 1. The van der Waals surface area contributed by atoms with E-state index in [1.165, 1.54) is 32.3 Å². The molecule has 3 aromatic carbocycles. The second-order valence-electron chi connectivity index (χ2n) is 6.75. The van der Waals surface area contributed by atoms with Gasteiger partial charge in [0.1, 0.15) is 19.2 Å². The van der Waals surface area contributed by atoms with Crippen molar-refractivity contribution in [3.05, 3.63) is 59.6 Å². The van der Waals surface area contributed by atoms with Crippen LogP contribution in [-0.2, 0) is 0 Å². The highest BCUT2D eigenvalue weighted by molar-refractivity contribution is 7.05. The molecule has 0 bridgehead atoms. The van der Waals surface area contributed by atoms with Crippen molar-refractivity contribution < 1.29 is 4.42 Å². The molecule has 0 fully saturated rings. The van der Waals surface area contributed by atoms with E-state index in [2.05, 4.69) is 43.4 Å². The number of benzene rings is 3. The number of hydrogen-bond acceptors (Lipinski definition) is 1. The molecule has 5 rings (SSSR count). The van der Waals surface area contributed by atoms with Crippen LogP contribution in [0.4, 0.5) is 0 Å². The van der Waals surface area contributed by atoms with E-state index >= 15 is 0 Å². The van der Waals surface area contributed by atoms with E-state index < -0.39 is 8.07 Å². The Balaban J connectivity index is 2.02. The first-order chi connectivity index (χ1) is 11.1. The minimum absolute atomic E-state index is 0.889. The zero-order valence-corrected chi connectivity index (χ0v) is 14.7. The maximum absolute atomic E-state index is 6.58. The summed E-state index contributed by atoms with van der Waals surface area (Å²) in [7, 11) is -1.78. The maximum atomic E-state index is 6.58. The van der Waals surface area contributed by atoms with Crippen LogP contribution in [0, 0.1) is 0 Å². The number of para-hydroxylation sites is 1. The highest BCUT2D eigenvalue weighted by atomic mass is 35.5. The summed E-state index contributed by atoms with van der Waals surface area (Å²) in [5.41, 5.74) is 4.47. The van der Waals surface area contributed by atoms with Gasteiger partial charge in [-0.2, -0.15) is 0 Å². The topological polar surface area (TPSA) is 13.1 Å². The third-order valence-electron chi connectivity index (χ3n) is 5.13. The first-order valence-corrected chi connectivity index (χ1v) is 11.2. The lowest BCUT2D eigenvalue weighted by molar-refractivity contribution is 0.670. The minimum atomic E-state index is -1.78. The molecular formula is C20H15ClOSi. The second-order valence-corrected chi connectivity index (χ2v) is 11.4. The van der Waals surface area contributed by atoms with Crippen molar-refractivity contribution >= 4 is 52.0 Å². The van der Waals surface area contributed by atoms with Crippen LogP contribution in [0.1, 0.15) is 0 Å². The van der Waals surface area contributed by atoms with Crippen LogP contribution in [-0.4, -0.2) is 8.07 Å². The summed E-state index contributed by atoms with van der Waals surface area (Å²) in [5, 5.41) is 6.02. The fourth-order valence-corrected chi connectivity index (χ4v) is 8.17. The molecule has 1 nitrogen and oxygen atoms in total. The zero-order valence-electron chi connectivity index (χ0n) is 13.0. The van der Waals surface area contributed by atoms with Crippen molar-refractivity contribution in [1.29, 1.82) is 0 Å². The molecule has 3 heteroatoms. The quantitative estimate of drug-likeness (QED) is 0.410. The van der Waals surface area contributed by atoms with Gasteiger partial charge >= 0.3 is 0 Å². The normalized spacial score (nSPS) is 15.1. The average Bonchev–Trinajstić information content (AvgIpc) is 3.02. The van der Waals surface area contributed by atoms with E-state index in [1.54, 1.807) is 0 Å². The monoisotopic (exact) mass is 334 g/mol. The zero-order chi connectivity index (χ0) is 15.8. The van der Waals surface area contributed by atoms with E-state index in [9.17, 15) is 0 Å². The fourth-order valence-electron chi connectivity index (χ4n) is 4.08. The molecular weight excluding hydrogens is 320 g/mol.